The summed E-state index contributed by atoms with van der Waals surface area (Å²) in [6, 6.07) is 7.80. The molecule has 110 valence electrons. The second kappa shape index (κ2) is 7.43. The summed E-state index contributed by atoms with van der Waals surface area (Å²) in [6.07, 6.45) is 6.09. The molecule has 4 nitrogen and oxygen atoms in total. The lowest BCUT2D eigenvalue weighted by molar-refractivity contribution is -0.105. The molecule has 21 heavy (non-hydrogen) atoms. The molecule has 0 saturated heterocycles. The SMILES string of the molecule is CCCc1c(NC=O)ccc(-c2cccnc2)c1OCC. The van der Waals surface area contributed by atoms with Gasteiger partial charge in [-0.15, -0.1) is 0 Å². The van der Waals surface area contributed by atoms with Crippen LogP contribution < -0.4 is 10.1 Å². The molecular formula is C17H20N2O2. The van der Waals surface area contributed by atoms with Crippen molar-refractivity contribution in [3.8, 4) is 16.9 Å². The molecule has 4 heteroatoms. The maximum absolute atomic E-state index is 10.8. The Morgan fingerprint density at radius 3 is 2.76 bits per heavy atom. The van der Waals surface area contributed by atoms with Crippen molar-refractivity contribution in [2.75, 3.05) is 11.9 Å². The molecule has 0 spiro atoms. The van der Waals surface area contributed by atoms with E-state index in [-0.39, 0.29) is 0 Å². The molecule has 0 atom stereocenters. The van der Waals surface area contributed by atoms with Crippen molar-refractivity contribution in [1.82, 2.24) is 4.98 Å². The monoisotopic (exact) mass is 284 g/mol. The van der Waals surface area contributed by atoms with E-state index in [1.807, 2.05) is 37.4 Å². The van der Waals surface area contributed by atoms with Gasteiger partial charge in [0.2, 0.25) is 6.41 Å². The molecule has 2 aromatic rings. The fourth-order valence-corrected chi connectivity index (χ4v) is 2.38. The van der Waals surface area contributed by atoms with Crippen LogP contribution in [0, 0.1) is 0 Å². The van der Waals surface area contributed by atoms with Crippen molar-refractivity contribution in [1.29, 1.82) is 0 Å². The van der Waals surface area contributed by atoms with Crippen LogP contribution in [0.15, 0.2) is 36.7 Å². The third kappa shape index (κ3) is 3.40. The largest absolute Gasteiger partial charge is 0.493 e. The zero-order valence-electron chi connectivity index (χ0n) is 12.4. The van der Waals surface area contributed by atoms with Crippen molar-refractivity contribution in [3.63, 3.8) is 0 Å². The van der Waals surface area contributed by atoms with Gasteiger partial charge >= 0.3 is 0 Å². The van der Waals surface area contributed by atoms with Crippen LogP contribution in [0.2, 0.25) is 0 Å². The van der Waals surface area contributed by atoms with Crippen molar-refractivity contribution >= 4 is 12.1 Å². The highest BCUT2D eigenvalue weighted by Crippen LogP contribution is 2.38. The third-order valence-corrected chi connectivity index (χ3v) is 3.24. The first kappa shape index (κ1) is 15.0. The van der Waals surface area contributed by atoms with Gasteiger partial charge in [0.1, 0.15) is 5.75 Å². The normalized spacial score (nSPS) is 10.2. The van der Waals surface area contributed by atoms with E-state index in [1.54, 1.807) is 6.20 Å². The van der Waals surface area contributed by atoms with Gasteiger partial charge in [-0.1, -0.05) is 19.4 Å². The maximum atomic E-state index is 10.8. The zero-order valence-corrected chi connectivity index (χ0v) is 12.4. The molecule has 2 rings (SSSR count). The number of carbonyl (C=O) groups excluding carboxylic acids is 1. The van der Waals surface area contributed by atoms with Crippen molar-refractivity contribution in [2.24, 2.45) is 0 Å². The number of pyridine rings is 1. The second-order valence-electron chi connectivity index (χ2n) is 4.66. The van der Waals surface area contributed by atoms with Gasteiger partial charge in [0.05, 0.1) is 6.61 Å². The molecular weight excluding hydrogens is 264 g/mol. The Labute approximate surface area is 125 Å². The Morgan fingerprint density at radius 1 is 1.29 bits per heavy atom. The van der Waals surface area contributed by atoms with Crippen LogP contribution in [0.1, 0.15) is 25.8 Å². The topological polar surface area (TPSA) is 51.2 Å². The minimum absolute atomic E-state index is 0.578. The molecule has 0 aliphatic rings. The summed E-state index contributed by atoms with van der Waals surface area (Å²) in [4.78, 5) is 15.0. The van der Waals surface area contributed by atoms with E-state index in [1.165, 1.54) is 0 Å². The molecule has 0 unspecified atom stereocenters. The van der Waals surface area contributed by atoms with E-state index in [0.29, 0.717) is 13.0 Å². The van der Waals surface area contributed by atoms with Crippen LogP contribution in [-0.2, 0) is 11.2 Å². The Balaban J connectivity index is 2.59. The Bertz CT molecular complexity index is 597. The first-order valence-electron chi connectivity index (χ1n) is 7.21. The number of ether oxygens (including phenoxy) is 1. The minimum Gasteiger partial charge on any atom is -0.493 e. The predicted molar refractivity (Wildman–Crippen MR) is 84.5 cm³/mol. The molecule has 0 fully saturated rings. The van der Waals surface area contributed by atoms with Crippen LogP contribution in [0.3, 0.4) is 0 Å². The number of hydrogen-bond donors (Lipinski definition) is 1. The van der Waals surface area contributed by atoms with Crippen LogP contribution >= 0.6 is 0 Å². The van der Waals surface area contributed by atoms with Gasteiger partial charge in [-0.05, 0) is 31.5 Å². The summed E-state index contributed by atoms with van der Waals surface area (Å²) in [5, 5.41) is 2.76. The summed E-state index contributed by atoms with van der Waals surface area (Å²) in [5.41, 5.74) is 3.86. The van der Waals surface area contributed by atoms with Gasteiger partial charge < -0.3 is 10.1 Å². The van der Waals surface area contributed by atoms with E-state index < -0.39 is 0 Å². The molecule has 1 aromatic heterocycles. The van der Waals surface area contributed by atoms with Crippen LogP contribution in [0.25, 0.3) is 11.1 Å². The number of anilines is 1. The molecule has 0 bridgehead atoms. The number of benzene rings is 1. The van der Waals surface area contributed by atoms with Crippen molar-refractivity contribution in [2.45, 2.75) is 26.7 Å². The fraction of sp³-hybridized carbons (Fsp3) is 0.294. The zero-order chi connectivity index (χ0) is 15.1. The molecule has 0 saturated carbocycles. The fourth-order valence-electron chi connectivity index (χ4n) is 2.38. The average Bonchev–Trinajstić information content (AvgIpc) is 2.52. The number of aromatic nitrogens is 1. The van der Waals surface area contributed by atoms with Gasteiger partial charge in [0.15, 0.2) is 0 Å². The van der Waals surface area contributed by atoms with Crippen LogP contribution in [-0.4, -0.2) is 18.0 Å². The lowest BCUT2D eigenvalue weighted by Crippen LogP contribution is -2.05. The van der Waals surface area contributed by atoms with E-state index in [2.05, 4.69) is 17.2 Å². The molecule has 1 aromatic carbocycles. The van der Waals surface area contributed by atoms with Gasteiger partial charge in [-0.2, -0.15) is 0 Å². The minimum atomic E-state index is 0.578. The summed E-state index contributed by atoms with van der Waals surface area (Å²) >= 11 is 0. The molecule has 0 aliphatic carbocycles. The lowest BCUT2D eigenvalue weighted by atomic mass is 9.98. The molecule has 1 amide bonds. The molecule has 1 heterocycles. The highest BCUT2D eigenvalue weighted by Gasteiger charge is 2.15. The standard InChI is InChI=1S/C17H20N2O2/c1-3-6-15-16(19-12-20)9-8-14(17(15)21-4-2)13-7-5-10-18-11-13/h5,7-12H,3-4,6H2,1-2H3,(H,19,20). The smallest absolute Gasteiger partial charge is 0.211 e. The maximum Gasteiger partial charge on any atom is 0.211 e. The highest BCUT2D eigenvalue weighted by atomic mass is 16.5. The van der Waals surface area contributed by atoms with Crippen LogP contribution in [0.5, 0.6) is 5.75 Å². The Hall–Kier alpha value is -2.36. The average molecular weight is 284 g/mol. The van der Waals surface area contributed by atoms with Crippen LogP contribution in [0.4, 0.5) is 5.69 Å². The van der Waals surface area contributed by atoms with Crippen molar-refractivity contribution in [3.05, 3.63) is 42.2 Å². The summed E-state index contributed by atoms with van der Waals surface area (Å²) < 4.78 is 5.88. The molecule has 0 radical (unpaired) electrons. The number of nitrogens with one attached hydrogen (secondary N) is 1. The quantitative estimate of drug-likeness (QED) is 0.789. The predicted octanol–water partition coefficient (Wildman–Crippen LogP) is 3.67. The first-order valence-corrected chi connectivity index (χ1v) is 7.21. The second-order valence-corrected chi connectivity index (χ2v) is 4.66. The summed E-state index contributed by atoms with van der Waals surface area (Å²) in [7, 11) is 0. The number of hydrogen-bond acceptors (Lipinski definition) is 3. The highest BCUT2D eigenvalue weighted by molar-refractivity contribution is 5.81. The number of rotatable bonds is 7. The van der Waals surface area contributed by atoms with Gasteiger partial charge in [0.25, 0.3) is 0 Å². The molecule has 1 N–H and O–H groups in total. The summed E-state index contributed by atoms with van der Waals surface area (Å²) in [6.45, 7) is 4.65. The van der Waals surface area contributed by atoms with Gasteiger partial charge in [0, 0.05) is 34.8 Å². The van der Waals surface area contributed by atoms with E-state index in [0.717, 1.165) is 41.0 Å². The van der Waals surface area contributed by atoms with E-state index in [4.69, 9.17) is 4.74 Å². The Kier molecular flexibility index (Phi) is 5.32. The van der Waals surface area contributed by atoms with Gasteiger partial charge in [-0.3, -0.25) is 9.78 Å². The first-order chi connectivity index (χ1) is 10.3. The van der Waals surface area contributed by atoms with E-state index >= 15 is 0 Å². The van der Waals surface area contributed by atoms with Gasteiger partial charge in [-0.25, -0.2) is 0 Å². The molecule has 0 aliphatic heterocycles. The number of amides is 1. The number of nitrogens with zero attached hydrogens (tertiary/aromatic N) is 1. The summed E-state index contributed by atoms with van der Waals surface area (Å²) in [5.74, 6) is 0.833. The Morgan fingerprint density at radius 2 is 2.14 bits per heavy atom. The van der Waals surface area contributed by atoms with Crippen molar-refractivity contribution < 1.29 is 9.53 Å². The number of carbonyl (C=O) groups is 1. The third-order valence-electron chi connectivity index (χ3n) is 3.24. The van der Waals surface area contributed by atoms with E-state index in [9.17, 15) is 4.79 Å². The lowest BCUT2D eigenvalue weighted by Gasteiger charge is -2.18.